The fraction of sp³-hybridized carbons (Fsp3) is 0.786. The lowest BCUT2D eigenvalue weighted by molar-refractivity contribution is -0.169. The molecule has 24 heavy (non-hydrogen) atoms. The van der Waals surface area contributed by atoms with Crippen LogP contribution >= 0.6 is 0 Å². The summed E-state index contributed by atoms with van der Waals surface area (Å²) in [6, 6.07) is 0. The van der Waals surface area contributed by atoms with E-state index in [0.29, 0.717) is 19.6 Å². The number of aliphatic carboxylic acids is 3. The number of carboxylic acid groups (broad SMARTS) is 3. The third-order valence-electron chi connectivity index (χ3n) is 3.38. The van der Waals surface area contributed by atoms with Crippen molar-refractivity contribution in [2.45, 2.75) is 13.3 Å². The van der Waals surface area contributed by atoms with E-state index in [-0.39, 0.29) is 0 Å². The number of likely N-dealkylation sites (N-methyl/N-ethyl adjacent to an activating group) is 1. The number of hydrogen-bond donors (Lipinski definition) is 7. The maximum atomic E-state index is 11.2. The molecule has 0 saturated carbocycles. The van der Waals surface area contributed by atoms with Crippen molar-refractivity contribution < 1.29 is 29.7 Å². The van der Waals surface area contributed by atoms with Crippen molar-refractivity contribution in [3.63, 3.8) is 0 Å². The summed E-state index contributed by atoms with van der Waals surface area (Å²) in [5.74, 6) is -4.80. The molecule has 0 aromatic carbocycles. The molecule has 0 saturated heterocycles. The average molecular weight is 348 g/mol. The minimum atomic E-state index is -2.36. The molecule has 0 radical (unpaired) electrons. The maximum Gasteiger partial charge on any atom is 0.322 e. The topological polar surface area (TPSA) is 160 Å². The predicted octanol–water partition coefficient (Wildman–Crippen LogP) is -2.00. The van der Waals surface area contributed by atoms with Crippen LogP contribution in [0.25, 0.3) is 0 Å². The summed E-state index contributed by atoms with van der Waals surface area (Å²) in [5, 5.41) is 39.1. The lowest BCUT2D eigenvalue weighted by Gasteiger charge is -2.23. The average Bonchev–Trinajstić information content (AvgIpc) is 2.50. The molecular weight excluding hydrogens is 320 g/mol. The molecule has 0 unspecified atom stereocenters. The van der Waals surface area contributed by atoms with E-state index >= 15 is 0 Å². The van der Waals surface area contributed by atoms with Crippen LogP contribution in [0.2, 0.25) is 0 Å². The molecule has 10 heteroatoms. The first-order valence-electron chi connectivity index (χ1n) is 7.88. The Hall–Kier alpha value is -1.75. The Morgan fingerprint density at radius 2 is 1.17 bits per heavy atom. The second-order valence-corrected chi connectivity index (χ2v) is 5.29. The highest BCUT2D eigenvalue weighted by molar-refractivity contribution is 6.01. The number of carboxylic acids is 3. The molecule has 0 atom stereocenters. The van der Waals surface area contributed by atoms with E-state index < -0.39 is 36.3 Å². The summed E-state index contributed by atoms with van der Waals surface area (Å²) in [7, 11) is 0. The van der Waals surface area contributed by atoms with Gasteiger partial charge < -0.3 is 36.6 Å². The number of carbonyl (C=O) groups is 3. The van der Waals surface area contributed by atoms with Gasteiger partial charge in [0.15, 0.2) is 5.41 Å². The van der Waals surface area contributed by atoms with Gasteiger partial charge in [0.1, 0.15) is 0 Å². The number of rotatable bonds is 16. The van der Waals surface area contributed by atoms with Gasteiger partial charge in [-0.15, -0.1) is 0 Å². The second kappa shape index (κ2) is 12.6. The van der Waals surface area contributed by atoms with Gasteiger partial charge in [0, 0.05) is 45.8 Å². The summed E-state index contributed by atoms with van der Waals surface area (Å²) in [5.41, 5.74) is -2.36. The first-order chi connectivity index (χ1) is 11.4. The molecular formula is C14H28N4O6. The van der Waals surface area contributed by atoms with E-state index in [9.17, 15) is 14.4 Å². The highest BCUT2D eigenvalue weighted by Gasteiger charge is 2.48. The quantitative estimate of drug-likeness (QED) is 0.123. The van der Waals surface area contributed by atoms with Crippen LogP contribution in [0.1, 0.15) is 13.3 Å². The Morgan fingerprint density at radius 3 is 1.54 bits per heavy atom. The molecule has 0 aliphatic carbocycles. The Kier molecular flexibility index (Phi) is 11.7. The van der Waals surface area contributed by atoms with E-state index in [2.05, 4.69) is 21.3 Å². The van der Waals surface area contributed by atoms with E-state index in [0.717, 1.165) is 26.2 Å². The minimum absolute atomic E-state index is 0.333. The van der Waals surface area contributed by atoms with E-state index in [1.807, 2.05) is 6.92 Å². The summed E-state index contributed by atoms with van der Waals surface area (Å²) in [6.07, 6.45) is -0.978. The normalized spacial score (nSPS) is 11.4. The molecule has 0 heterocycles. The Bertz CT molecular complexity index is 391. The van der Waals surface area contributed by atoms with Gasteiger partial charge in [0.05, 0.1) is 6.42 Å². The monoisotopic (exact) mass is 348 g/mol. The zero-order valence-corrected chi connectivity index (χ0v) is 13.9. The van der Waals surface area contributed by atoms with Crippen LogP contribution in [0, 0.1) is 5.41 Å². The van der Waals surface area contributed by atoms with Crippen LogP contribution in [-0.4, -0.2) is 85.6 Å². The van der Waals surface area contributed by atoms with Crippen LogP contribution in [-0.2, 0) is 14.4 Å². The molecule has 7 N–H and O–H groups in total. The maximum absolute atomic E-state index is 11.2. The lowest BCUT2D eigenvalue weighted by atomic mass is 9.84. The van der Waals surface area contributed by atoms with Gasteiger partial charge in [-0.1, -0.05) is 6.92 Å². The summed E-state index contributed by atoms with van der Waals surface area (Å²) >= 11 is 0. The van der Waals surface area contributed by atoms with Crippen molar-refractivity contribution >= 4 is 17.9 Å². The van der Waals surface area contributed by atoms with Gasteiger partial charge in [0.25, 0.3) is 0 Å². The first-order valence-corrected chi connectivity index (χ1v) is 7.88. The summed E-state index contributed by atoms with van der Waals surface area (Å²) < 4.78 is 0. The largest absolute Gasteiger partial charge is 0.481 e. The van der Waals surface area contributed by atoms with Crippen LogP contribution in [0.4, 0.5) is 0 Å². The zero-order chi connectivity index (χ0) is 18.4. The third-order valence-corrected chi connectivity index (χ3v) is 3.38. The fourth-order valence-corrected chi connectivity index (χ4v) is 1.97. The van der Waals surface area contributed by atoms with Crippen LogP contribution < -0.4 is 21.3 Å². The molecule has 0 amide bonds. The van der Waals surface area contributed by atoms with Gasteiger partial charge in [-0.3, -0.25) is 14.4 Å². The highest BCUT2D eigenvalue weighted by Crippen LogP contribution is 2.22. The van der Waals surface area contributed by atoms with Crippen LogP contribution in [0.15, 0.2) is 0 Å². The van der Waals surface area contributed by atoms with E-state index in [4.69, 9.17) is 15.3 Å². The van der Waals surface area contributed by atoms with Gasteiger partial charge in [-0.2, -0.15) is 0 Å². The van der Waals surface area contributed by atoms with Crippen molar-refractivity contribution in [3.05, 3.63) is 0 Å². The Labute approximate surface area is 141 Å². The van der Waals surface area contributed by atoms with Crippen molar-refractivity contribution in [3.8, 4) is 0 Å². The SMILES string of the molecule is CCNCCNCCNCCNCC(CC(=O)O)(C(=O)O)C(=O)O. The molecule has 0 bridgehead atoms. The Balaban J connectivity index is 3.95. The molecule has 0 aliphatic heterocycles. The van der Waals surface area contributed by atoms with E-state index in [1.165, 1.54) is 0 Å². The predicted molar refractivity (Wildman–Crippen MR) is 87.1 cm³/mol. The van der Waals surface area contributed by atoms with E-state index in [1.54, 1.807) is 0 Å². The van der Waals surface area contributed by atoms with Gasteiger partial charge in [0.2, 0.25) is 0 Å². The minimum Gasteiger partial charge on any atom is -0.481 e. The van der Waals surface area contributed by atoms with Crippen molar-refractivity contribution in [2.75, 3.05) is 52.4 Å². The highest BCUT2D eigenvalue weighted by atomic mass is 16.4. The van der Waals surface area contributed by atoms with Gasteiger partial charge >= 0.3 is 17.9 Å². The smallest absolute Gasteiger partial charge is 0.322 e. The number of nitrogens with one attached hydrogen (secondary N) is 4. The molecule has 0 fully saturated rings. The number of hydrogen-bond acceptors (Lipinski definition) is 7. The molecule has 140 valence electrons. The fourth-order valence-electron chi connectivity index (χ4n) is 1.97. The molecule has 0 aromatic rings. The zero-order valence-electron chi connectivity index (χ0n) is 13.9. The van der Waals surface area contributed by atoms with Crippen molar-refractivity contribution in [2.24, 2.45) is 5.41 Å². The first kappa shape index (κ1) is 22.2. The molecule has 10 nitrogen and oxygen atoms in total. The third kappa shape index (κ3) is 8.77. The molecule has 0 rings (SSSR count). The standard InChI is InChI=1S/C14H28N4O6/c1-2-15-3-4-16-5-6-17-7-8-18-10-14(12(21)22,13(23)24)9-11(19)20/h15-18H,2-10H2,1H3,(H,19,20)(H,21,22)(H,23,24). The molecule has 0 aliphatic rings. The van der Waals surface area contributed by atoms with Crippen LogP contribution in [0.5, 0.6) is 0 Å². The lowest BCUT2D eigenvalue weighted by Crippen LogP contribution is -2.49. The van der Waals surface area contributed by atoms with Crippen molar-refractivity contribution in [1.82, 2.24) is 21.3 Å². The van der Waals surface area contributed by atoms with Crippen LogP contribution in [0.3, 0.4) is 0 Å². The molecule has 0 spiro atoms. The molecule has 0 aromatic heterocycles. The summed E-state index contributed by atoms with van der Waals surface area (Å²) in [4.78, 5) is 33.1. The van der Waals surface area contributed by atoms with Gasteiger partial charge in [-0.25, -0.2) is 0 Å². The van der Waals surface area contributed by atoms with Crippen molar-refractivity contribution in [1.29, 1.82) is 0 Å². The Morgan fingerprint density at radius 1 is 0.750 bits per heavy atom. The summed E-state index contributed by atoms with van der Waals surface area (Å²) in [6.45, 7) is 6.61. The second-order valence-electron chi connectivity index (χ2n) is 5.29. The van der Waals surface area contributed by atoms with Gasteiger partial charge in [-0.05, 0) is 6.54 Å².